The van der Waals surface area contributed by atoms with E-state index in [1.807, 2.05) is 104 Å². The zero-order valence-electron chi connectivity index (χ0n) is 15.6. The number of rotatable bonds is 4. The molecular formula is C22H20N2O2S2. The summed E-state index contributed by atoms with van der Waals surface area (Å²) >= 11 is 11.1. The molecular weight excluding hydrogens is 388 g/mol. The average molecular weight is 409 g/mol. The molecule has 0 bridgehead atoms. The van der Waals surface area contributed by atoms with Gasteiger partial charge in [-0.2, -0.15) is 0 Å². The molecule has 142 valence electrons. The van der Waals surface area contributed by atoms with Gasteiger partial charge in [-0.3, -0.25) is 0 Å². The summed E-state index contributed by atoms with van der Waals surface area (Å²) < 4.78 is 11.7. The maximum Gasteiger partial charge on any atom is 0.277 e. The van der Waals surface area contributed by atoms with Gasteiger partial charge in [0.05, 0.1) is 5.69 Å². The Morgan fingerprint density at radius 2 is 1.00 bits per heavy atom. The Balaban J connectivity index is 1.88. The molecule has 0 N–H and O–H groups in total. The van der Waals surface area contributed by atoms with Crippen LogP contribution in [0.4, 0.5) is 11.4 Å². The van der Waals surface area contributed by atoms with Gasteiger partial charge in [-0.1, -0.05) is 36.4 Å². The van der Waals surface area contributed by atoms with Crippen LogP contribution >= 0.6 is 24.4 Å². The molecule has 0 heterocycles. The molecule has 28 heavy (non-hydrogen) atoms. The zero-order chi connectivity index (χ0) is 19.9. The van der Waals surface area contributed by atoms with E-state index in [1.54, 1.807) is 4.90 Å². The second-order valence-electron chi connectivity index (χ2n) is 6.11. The summed E-state index contributed by atoms with van der Waals surface area (Å²) in [6.07, 6.45) is 0. The molecule has 3 aromatic carbocycles. The summed E-state index contributed by atoms with van der Waals surface area (Å²) in [6.45, 7) is 0. The van der Waals surface area contributed by atoms with Crippen LogP contribution in [0.3, 0.4) is 0 Å². The SMILES string of the molecule is CN(C)c1ccc(N(C(=S)Oc2ccccc2)C(=S)Oc2ccccc2)cc1. The Bertz CT molecular complexity index is 876. The Morgan fingerprint density at radius 1 is 0.607 bits per heavy atom. The maximum atomic E-state index is 5.85. The Hall–Kier alpha value is -2.96. The van der Waals surface area contributed by atoms with Crippen molar-refractivity contribution in [2.45, 2.75) is 0 Å². The van der Waals surface area contributed by atoms with Gasteiger partial charge in [0.1, 0.15) is 11.5 Å². The van der Waals surface area contributed by atoms with Crippen LogP contribution in [-0.2, 0) is 0 Å². The first-order chi connectivity index (χ1) is 13.5. The van der Waals surface area contributed by atoms with E-state index in [4.69, 9.17) is 33.9 Å². The van der Waals surface area contributed by atoms with Crippen molar-refractivity contribution in [2.24, 2.45) is 0 Å². The molecule has 0 aliphatic heterocycles. The summed E-state index contributed by atoms with van der Waals surface area (Å²) in [4.78, 5) is 3.62. The topological polar surface area (TPSA) is 24.9 Å². The van der Waals surface area contributed by atoms with Crippen molar-refractivity contribution in [3.63, 3.8) is 0 Å². The Morgan fingerprint density at radius 3 is 1.39 bits per heavy atom. The number of anilines is 2. The van der Waals surface area contributed by atoms with Crippen molar-refractivity contribution in [2.75, 3.05) is 23.9 Å². The molecule has 3 aromatic rings. The van der Waals surface area contributed by atoms with Crippen molar-refractivity contribution >= 4 is 46.2 Å². The van der Waals surface area contributed by atoms with E-state index in [0.717, 1.165) is 11.4 Å². The van der Waals surface area contributed by atoms with E-state index in [9.17, 15) is 0 Å². The second kappa shape index (κ2) is 9.30. The number of hydrogen-bond donors (Lipinski definition) is 0. The first kappa shape index (κ1) is 19.8. The maximum absolute atomic E-state index is 5.85. The summed E-state index contributed by atoms with van der Waals surface area (Å²) in [6, 6.07) is 26.5. The van der Waals surface area contributed by atoms with E-state index in [1.165, 1.54) is 0 Å². The zero-order valence-corrected chi connectivity index (χ0v) is 17.2. The monoisotopic (exact) mass is 408 g/mol. The van der Waals surface area contributed by atoms with Gasteiger partial charge in [0.15, 0.2) is 0 Å². The number of para-hydroxylation sites is 2. The first-order valence-electron chi connectivity index (χ1n) is 8.66. The number of ether oxygens (including phenoxy) is 2. The van der Waals surface area contributed by atoms with Crippen molar-refractivity contribution in [3.05, 3.63) is 84.9 Å². The first-order valence-corrected chi connectivity index (χ1v) is 9.47. The second-order valence-corrected chi connectivity index (χ2v) is 6.81. The summed E-state index contributed by atoms with van der Waals surface area (Å²) in [7, 11) is 3.97. The molecule has 4 nitrogen and oxygen atoms in total. The van der Waals surface area contributed by atoms with Crippen LogP contribution in [-0.4, -0.2) is 24.4 Å². The van der Waals surface area contributed by atoms with Crippen molar-refractivity contribution in [1.29, 1.82) is 0 Å². The lowest BCUT2D eigenvalue weighted by Crippen LogP contribution is -2.40. The van der Waals surface area contributed by atoms with Crippen LogP contribution in [0.25, 0.3) is 0 Å². The Kier molecular flexibility index (Phi) is 6.57. The van der Waals surface area contributed by atoms with E-state index < -0.39 is 0 Å². The fourth-order valence-corrected chi connectivity index (χ4v) is 3.08. The van der Waals surface area contributed by atoms with Crippen LogP contribution < -0.4 is 19.3 Å². The van der Waals surface area contributed by atoms with Crippen LogP contribution in [0.5, 0.6) is 11.5 Å². The molecule has 0 aromatic heterocycles. The highest BCUT2D eigenvalue weighted by molar-refractivity contribution is 7.82. The fraction of sp³-hybridized carbons (Fsp3) is 0.0909. The highest BCUT2D eigenvalue weighted by Crippen LogP contribution is 2.23. The lowest BCUT2D eigenvalue weighted by Gasteiger charge is -2.25. The molecule has 6 heteroatoms. The third kappa shape index (κ3) is 5.06. The van der Waals surface area contributed by atoms with Gasteiger partial charge in [0.2, 0.25) is 0 Å². The van der Waals surface area contributed by atoms with Gasteiger partial charge in [-0.05, 0) is 73.0 Å². The van der Waals surface area contributed by atoms with E-state index in [0.29, 0.717) is 11.5 Å². The molecule has 0 atom stereocenters. The lowest BCUT2D eigenvalue weighted by atomic mass is 10.2. The summed E-state index contributed by atoms with van der Waals surface area (Å²) in [5.41, 5.74) is 1.82. The quantitative estimate of drug-likeness (QED) is 0.544. The highest BCUT2D eigenvalue weighted by atomic mass is 32.1. The molecule has 3 rings (SSSR count). The molecule has 0 amide bonds. The van der Waals surface area contributed by atoms with Crippen molar-refractivity contribution in [1.82, 2.24) is 0 Å². The number of hydrogen-bond acceptors (Lipinski definition) is 5. The van der Waals surface area contributed by atoms with E-state index >= 15 is 0 Å². The molecule has 0 spiro atoms. The van der Waals surface area contributed by atoms with Gasteiger partial charge >= 0.3 is 0 Å². The predicted molar refractivity (Wildman–Crippen MR) is 123 cm³/mol. The molecule has 0 radical (unpaired) electrons. The van der Waals surface area contributed by atoms with Crippen LogP contribution in [0.2, 0.25) is 0 Å². The number of thiocarbonyl (C=S) groups is 2. The van der Waals surface area contributed by atoms with Crippen molar-refractivity contribution in [3.8, 4) is 11.5 Å². The number of benzene rings is 3. The van der Waals surface area contributed by atoms with Gasteiger partial charge in [0.25, 0.3) is 10.3 Å². The molecule has 0 fully saturated rings. The third-order valence-corrected chi connectivity index (χ3v) is 4.42. The fourth-order valence-electron chi connectivity index (χ4n) is 2.46. The van der Waals surface area contributed by atoms with Crippen LogP contribution in [0.15, 0.2) is 84.9 Å². The van der Waals surface area contributed by atoms with Gasteiger partial charge in [-0.25, -0.2) is 4.90 Å². The highest BCUT2D eigenvalue weighted by Gasteiger charge is 2.21. The molecule has 0 saturated carbocycles. The lowest BCUT2D eigenvalue weighted by molar-refractivity contribution is 0.530. The van der Waals surface area contributed by atoms with Gasteiger partial charge in [-0.15, -0.1) is 0 Å². The Labute approximate surface area is 175 Å². The molecule has 0 aliphatic carbocycles. The largest absolute Gasteiger partial charge is 0.431 e. The van der Waals surface area contributed by atoms with E-state index in [2.05, 4.69) is 0 Å². The minimum Gasteiger partial charge on any atom is -0.431 e. The third-order valence-electron chi connectivity index (χ3n) is 3.89. The predicted octanol–water partition coefficient (Wildman–Crippen LogP) is 5.29. The van der Waals surface area contributed by atoms with Gasteiger partial charge in [0, 0.05) is 19.8 Å². The normalized spacial score (nSPS) is 10.1. The minimum absolute atomic E-state index is 0.185. The smallest absolute Gasteiger partial charge is 0.277 e. The van der Waals surface area contributed by atoms with Crippen LogP contribution in [0, 0.1) is 0 Å². The van der Waals surface area contributed by atoms with Crippen LogP contribution in [0.1, 0.15) is 0 Å². The average Bonchev–Trinajstić information content (AvgIpc) is 2.70. The van der Waals surface area contributed by atoms with Crippen molar-refractivity contribution < 1.29 is 9.47 Å². The minimum atomic E-state index is 0.185. The molecule has 0 unspecified atom stereocenters. The summed E-state index contributed by atoms with van der Waals surface area (Å²) in [5, 5.41) is 0.370. The standard InChI is InChI=1S/C22H20N2O2S2/c1-23(2)17-13-15-18(16-14-17)24(21(27)25-19-9-5-3-6-10-19)22(28)26-20-11-7-4-8-12-20/h3-16H,1-2H3. The summed E-state index contributed by atoms with van der Waals surface area (Å²) in [5.74, 6) is 1.26. The molecule has 0 saturated heterocycles. The van der Waals surface area contributed by atoms with Gasteiger partial charge < -0.3 is 14.4 Å². The number of nitrogens with zero attached hydrogens (tertiary/aromatic N) is 2. The van der Waals surface area contributed by atoms with E-state index in [-0.39, 0.29) is 10.3 Å². The molecule has 0 aliphatic rings.